The van der Waals surface area contributed by atoms with E-state index in [-0.39, 0.29) is 5.91 Å². The molecule has 1 aromatic carbocycles. The van der Waals surface area contributed by atoms with Gasteiger partial charge >= 0.3 is 6.03 Å². The molecule has 0 bridgehead atoms. The summed E-state index contributed by atoms with van der Waals surface area (Å²) < 4.78 is 18.6. The van der Waals surface area contributed by atoms with Crippen molar-refractivity contribution >= 4 is 11.9 Å². The van der Waals surface area contributed by atoms with Crippen molar-refractivity contribution in [2.45, 2.75) is 38.3 Å². The number of ether oxygens (including phenoxy) is 1. The van der Waals surface area contributed by atoms with Crippen LogP contribution in [0.4, 0.5) is 9.18 Å². The Morgan fingerprint density at radius 1 is 1.43 bits per heavy atom. The van der Waals surface area contributed by atoms with E-state index in [1.54, 1.807) is 6.92 Å². The van der Waals surface area contributed by atoms with Crippen molar-refractivity contribution in [2.24, 2.45) is 0 Å². The second-order valence-electron chi connectivity index (χ2n) is 5.57. The van der Waals surface area contributed by atoms with Gasteiger partial charge in [-0.15, -0.1) is 0 Å². The molecular formula is C16H22FN3O3. The number of halogens is 1. The number of hydrogen-bond donors (Lipinski definition) is 3. The van der Waals surface area contributed by atoms with Crippen molar-refractivity contribution in [3.63, 3.8) is 0 Å². The number of carbonyl (C=O) groups excluding carboxylic acids is 2. The molecule has 1 saturated heterocycles. The highest BCUT2D eigenvalue weighted by Crippen LogP contribution is 2.25. The van der Waals surface area contributed by atoms with Crippen LogP contribution < -0.4 is 20.7 Å². The van der Waals surface area contributed by atoms with Gasteiger partial charge in [0.15, 0.2) is 0 Å². The van der Waals surface area contributed by atoms with Gasteiger partial charge in [0, 0.05) is 12.1 Å². The summed E-state index contributed by atoms with van der Waals surface area (Å²) in [7, 11) is 1.49. The maximum absolute atomic E-state index is 13.4. The Balaban J connectivity index is 1.99. The average Bonchev–Trinajstić information content (AvgIpc) is 2.72. The van der Waals surface area contributed by atoms with Crippen LogP contribution in [0.3, 0.4) is 0 Å². The monoisotopic (exact) mass is 323 g/mol. The first kappa shape index (κ1) is 17.1. The van der Waals surface area contributed by atoms with Crippen molar-refractivity contribution in [1.82, 2.24) is 16.0 Å². The fourth-order valence-corrected chi connectivity index (χ4v) is 2.59. The molecular weight excluding hydrogens is 301 g/mol. The van der Waals surface area contributed by atoms with E-state index >= 15 is 0 Å². The molecule has 3 N–H and O–H groups in total. The largest absolute Gasteiger partial charge is 0.496 e. The summed E-state index contributed by atoms with van der Waals surface area (Å²) in [5.41, 5.74) is 0.535. The van der Waals surface area contributed by atoms with Gasteiger partial charge in [0.1, 0.15) is 17.6 Å². The predicted molar refractivity (Wildman–Crippen MR) is 83.7 cm³/mol. The van der Waals surface area contributed by atoms with Gasteiger partial charge in [-0.05, 0) is 44.4 Å². The number of rotatable bonds is 4. The minimum Gasteiger partial charge on any atom is -0.496 e. The normalized spacial score (nSPS) is 19.3. The molecule has 0 aliphatic carbocycles. The summed E-state index contributed by atoms with van der Waals surface area (Å²) in [6, 6.07) is 2.66. The van der Waals surface area contributed by atoms with Gasteiger partial charge in [-0.25, -0.2) is 9.18 Å². The van der Waals surface area contributed by atoms with Gasteiger partial charge in [0.25, 0.3) is 0 Å². The molecule has 1 aromatic rings. The molecule has 0 saturated carbocycles. The number of methoxy groups -OCH3 is 1. The van der Waals surface area contributed by atoms with Crippen LogP contribution in [-0.4, -0.2) is 31.6 Å². The number of nitrogens with one attached hydrogen (secondary N) is 3. The zero-order valence-electron chi connectivity index (χ0n) is 13.3. The van der Waals surface area contributed by atoms with E-state index in [1.807, 2.05) is 0 Å². The lowest BCUT2D eigenvalue weighted by Crippen LogP contribution is -2.49. The van der Waals surface area contributed by atoms with Crippen LogP contribution in [-0.2, 0) is 4.79 Å². The molecule has 3 amide bonds. The van der Waals surface area contributed by atoms with Crippen LogP contribution in [0.15, 0.2) is 18.2 Å². The smallest absolute Gasteiger partial charge is 0.315 e. The summed E-state index contributed by atoms with van der Waals surface area (Å²) >= 11 is 0. The minimum atomic E-state index is -0.542. The number of hydrogen-bond acceptors (Lipinski definition) is 3. The molecule has 0 radical (unpaired) electrons. The van der Waals surface area contributed by atoms with Crippen LogP contribution in [0.25, 0.3) is 0 Å². The molecule has 126 valence electrons. The topological polar surface area (TPSA) is 79.5 Å². The number of benzene rings is 1. The first-order chi connectivity index (χ1) is 11.0. The molecule has 1 aliphatic rings. The Morgan fingerprint density at radius 3 is 2.96 bits per heavy atom. The molecule has 0 aromatic heterocycles. The molecule has 7 heteroatoms. The van der Waals surface area contributed by atoms with Crippen LogP contribution >= 0.6 is 0 Å². The third-order valence-corrected chi connectivity index (χ3v) is 3.85. The molecule has 23 heavy (non-hydrogen) atoms. The van der Waals surface area contributed by atoms with Crippen LogP contribution in [0.2, 0.25) is 0 Å². The summed E-state index contributed by atoms with van der Waals surface area (Å²) in [4.78, 5) is 23.9. The summed E-state index contributed by atoms with van der Waals surface area (Å²) in [6.45, 7) is 2.36. The Hall–Kier alpha value is -2.31. The molecule has 0 spiro atoms. The van der Waals surface area contributed by atoms with E-state index < -0.39 is 23.9 Å². The molecule has 1 heterocycles. The number of urea groups is 1. The maximum Gasteiger partial charge on any atom is 0.315 e. The number of carbonyl (C=O) groups is 2. The van der Waals surface area contributed by atoms with E-state index in [1.165, 1.54) is 25.3 Å². The van der Waals surface area contributed by atoms with Gasteiger partial charge in [0.2, 0.25) is 5.91 Å². The SMILES string of the molecule is COc1ccc(F)cc1[C@H](C)NC(=O)N[C@@H]1CCCCNC1=O. The van der Waals surface area contributed by atoms with E-state index in [0.29, 0.717) is 24.3 Å². The third kappa shape index (κ3) is 4.58. The fraction of sp³-hybridized carbons (Fsp3) is 0.500. The first-order valence-electron chi connectivity index (χ1n) is 7.69. The van der Waals surface area contributed by atoms with Gasteiger partial charge in [0.05, 0.1) is 13.2 Å². The quantitative estimate of drug-likeness (QED) is 0.791. The lowest BCUT2D eigenvalue weighted by atomic mass is 10.1. The molecule has 2 atom stereocenters. The molecule has 0 unspecified atom stereocenters. The predicted octanol–water partition coefficient (Wildman–Crippen LogP) is 1.86. The first-order valence-corrected chi connectivity index (χ1v) is 7.69. The lowest BCUT2D eigenvalue weighted by Gasteiger charge is -2.20. The van der Waals surface area contributed by atoms with Crippen LogP contribution in [0.1, 0.15) is 37.8 Å². The molecule has 1 fully saturated rings. The lowest BCUT2D eigenvalue weighted by molar-refractivity contribution is -0.122. The number of amides is 3. The Bertz CT molecular complexity index is 580. The van der Waals surface area contributed by atoms with Crippen LogP contribution in [0.5, 0.6) is 5.75 Å². The van der Waals surface area contributed by atoms with Gasteiger partial charge in [-0.1, -0.05) is 0 Å². The maximum atomic E-state index is 13.4. The Morgan fingerprint density at radius 2 is 2.22 bits per heavy atom. The van der Waals surface area contributed by atoms with Crippen molar-refractivity contribution in [1.29, 1.82) is 0 Å². The van der Waals surface area contributed by atoms with Gasteiger partial charge in [-0.2, -0.15) is 0 Å². The van der Waals surface area contributed by atoms with Gasteiger partial charge in [-0.3, -0.25) is 4.79 Å². The van der Waals surface area contributed by atoms with Crippen molar-refractivity contribution < 1.29 is 18.7 Å². The second-order valence-corrected chi connectivity index (χ2v) is 5.57. The third-order valence-electron chi connectivity index (χ3n) is 3.85. The molecule has 1 aliphatic heterocycles. The van der Waals surface area contributed by atoms with E-state index in [0.717, 1.165) is 12.8 Å². The zero-order chi connectivity index (χ0) is 16.8. The fourth-order valence-electron chi connectivity index (χ4n) is 2.59. The van der Waals surface area contributed by atoms with Crippen LogP contribution in [0, 0.1) is 5.82 Å². The molecule has 2 rings (SSSR count). The minimum absolute atomic E-state index is 0.173. The van der Waals surface area contributed by atoms with E-state index in [4.69, 9.17) is 4.74 Å². The highest BCUT2D eigenvalue weighted by molar-refractivity contribution is 5.87. The standard InChI is InChI=1S/C16H22FN3O3/c1-10(12-9-11(17)6-7-14(12)23-2)19-16(22)20-13-5-3-4-8-18-15(13)21/h6-7,9-10,13H,3-5,8H2,1-2H3,(H,18,21)(H2,19,20,22)/t10-,13+/m0/s1. The zero-order valence-corrected chi connectivity index (χ0v) is 13.3. The van der Waals surface area contributed by atoms with Crippen molar-refractivity contribution in [3.8, 4) is 5.75 Å². The molecule has 6 nitrogen and oxygen atoms in total. The summed E-state index contributed by atoms with van der Waals surface area (Å²) in [5.74, 6) is -0.0851. The summed E-state index contributed by atoms with van der Waals surface area (Å²) in [5, 5.41) is 8.13. The van der Waals surface area contributed by atoms with Crippen molar-refractivity contribution in [2.75, 3.05) is 13.7 Å². The highest BCUT2D eigenvalue weighted by atomic mass is 19.1. The van der Waals surface area contributed by atoms with Gasteiger partial charge < -0.3 is 20.7 Å². The van der Waals surface area contributed by atoms with E-state index in [9.17, 15) is 14.0 Å². The van der Waals surface area contributed by atoms with E-state index in [2.05, 4.69) is 16.0 Å². The Labute approximate surface area is 134 Å². The highest BCUT2D eigenvalue weighted by Gasteiger charge is 2.23. The second kappa shape index (κ2) is 7.80. The summed E-state index contributed by atoms with van der Waals surface area (Å²) in [6.07, 6.45) is 2.39. The Kier molecular flexibility index (Phi) is 5.78. The van der Waals surface area contributed by atoms with Crippen molar-refractivity contribution in [3.05, 3.63) is 29.6 Å². The average molecular weight is 323 g/mol.